The fraction of sp³-hybridized carbons (Fsp3) is 0.556. The number of rotatable bonds is 5. The Morgan fingerprint density at radius 2 is 1.85 bits per heavy atom. The molecule has 0 spiro atoms. The molecule has 0 bridgehead atoms. The molecular weight excluding hydrogens is 363 g/mol. The Morgan fingerprint density at radius 1 is 1.26 bits per heavy atom. The van der Waals surface area contributed by atoms with E-state index in [-0.39, 0.29) is 12.6 Å². The molecule has 1 fully saturated rings. The van der Waals surface area contributed by atoms with Gasteiger partial charge in [-0.2, -0.15) is 13.2 Å². The van der Waals surface area contributed by atoms with E-state index in [2.05, 4.69) is 5.32 Å². The average Bonchev–Trinajstić information content (AvgIpc) is 3.02. The van der Waals surface area contributed by atoms with Gasteiger partial charge in [0, 0.05) is 19.6 Å². The van der Waals surface area contributed by atoms with Crippen LogP contribution in [0.15, 0.2) is 24.3 Å². The Kier molecular flexibility index (Phi) is 6.35. The van der Waals surface area contributed by atoms with Crippen LogP contribution in [-0.4, -0.2) is 66.8 Å². The van der Waals surface area contributed by atoms with E-state index in [0.717, 1.165) is 16.0 Å². The van der Waals surface area contributed by atoms with Crippen LogP contribution in [0.3, 0.4) is 0 Å². The molecule has 0 aromatic heterocycles. The molecule has 1 saturated heterocycles. The Bertz CT molecular complexity index is 677. The largest absolute Gasteiger partial charge is 0.481 e. The summed E-state index contributed by atoms with van der Waals surface area (Å²) in [5.41, 5.74) is 2.05. The lowest BCUT2D eigenvalue weighted by Gasteiger charge is -2.26. The quantitative estimate of drug-likeness (QED) is 0.814. The summed E-state index contributed by atoms with van der Waals surface area (Å²) in [5.74, 6) is -5.24. The van der Waals surface area contributed by atoms with E-state index < -0.39 is 43.1 Å². The fourth-order valence-electron chi connectivity index (χ4n) is 3.23. The number of nitrogens with zero attached hydrogens (tertiary/aromatic N) is 2. The molecule has 27 heavy (non-hydrogen) atoms. The van der Waals surface area contributed by atoms with Gasteiger partial charge in [0.15, 0.2) is 0 Å². The van der Waals surface area contributed by atoms with Crippen LogP contribution in [0, 0.1) is 18.8 Å². The lowest BCUT2D eigenvalue weighted by atomic mass is 9.96. The molecule has 0 radical (unpaired) electrons. The number of halogens is 3. The summed E-state index contributed by atoms with van der Waals surface area (Å²) in [7, 11) is 3.68. The molecule has 1 heterocycles. The number of likely N-dealkylation sites (N-methyl/N-ethyl adjacent to an activating group) is 1. The minimum Gasteiger partial charge on any atom is -0.481 e. The lowest BCUT2D eigenvalue weighted by Crippen LogP contribution is -2.43. The number of likely N-dealkylation sites (tertiary alicyclic amines) is 1. The van der Waals surface area contributed by atoms with Gasteiger partial charge in [0.25, 0.3) is 0 Å². The molecule has 0 saturated carbocycles. The van der Waals surface area contributed by atoms with Crippen molar-refractivity contribution in [2.24, 2.45) is 11.8 Å². The SMILES string of the molecule is Cc1ccc(C(CNC(=O)N2C[C@@H](C(F)(F)F)[C@H](C(=O)O)C2)N(C)C)cc1. The minimum atomic E-state index is -4.66. The van der Waals surface area contributed by atoms with Crippen LogP contribution < -0.4 is 5.32 Å². The van der Waals surface area contributed by atoms with Crippen molar-refractivity contribution in [3.8, 4) is 0 Å². The third-order valence-electron chi connectivity index (χ3n) is 4.88. The van der Waals surface area contributed by atoms with Crippen molar-refractivity contribution in [2.75, 3.05) is 33.7 Å². The summed E-state index contributed by atoms with van der Waals surface area (Å²) in [5, 5.41) is 11.7. The predicted molar refractivity (Wildman–Crippen MR) is 93.2 cm³/mol. The highest BCUT2D eigenvalue weighted by atomic mass is 19.4. The maximum Gasteiger partial charge on any atom is 0.394 e. The number of alkyl halides is 3. The number of carbonyl (C=O) groups excluding carboxylic acids is 1. The molecule has 1 aromatic rings. The molecule has 3 atom stereocenters. The van der Waals surface area contributed by atoms with Crippen molar-refractivity contribution in [3.05, 3.63) is 35.4 Å². The summed E-state index contributed by atoms with van der Waals surface area (Å²) >= 11 is 0. The second-order valence-corrected chi connectivity index (χ2v) is 7.07. The molecule has 1 aliphatic rings. The van der Waals surface area contributed by atoms with E-state index in [9.17, 15) is 22.8 Å². The average molecular weight is 387 g/mol. The summed E-state index contributed by atoms with van der Waals surface area (Å²) in [6, 6.07) is 6.90. The number of carboxylic acids is 1. The number of urea groups is 1. The van der Waals surface area contributed by atoms with Crippen LogP contribution in [0.2, 0.25) is 0 Å². The zero-order valence-electron chi connectivity index (χ0n) is 15.5. The highest BCUT2D eigenvalue weighted by Crippen LogP contribution is 2.37. The van der Waals surface area contributed by atoms with Crippen molar-refractivity contribution in [2.45, 2.75) is 19.1 Å². The number of carboxylic acid groups (broad SMARTS) is 1. The van der Waals surface area contributed by atoms with Gasteiger partial charge < -0.3 is 20.2 Å². The van der Waals surface area contributed by atoms with Gasteiger partial charge in [0.2, 0.25) is 0 Å². The van der Waals surface area contributed by atoms with Crippen molar-refractivity contribution in [3.63, 3.8) is 0 Å². The van der Waals surface area contributed by atoms with Crippen molar-refractivity contribution in [1.29, 1.82) is 0 Å². The summed E-state index contributed by atoms with van der Waals surface area (Å²) in [6.07, 6.45) is -4.66. The molecule has 6 nitrogen and oxygen atoms in total. The van der Waals surface area contributed by atoms with Crippen LogP contribution in [0.4, 0.5) is 18.0 Å². The number of amides is 2. The first-order valence-corrected chi connectivity index (χ1v) is 8.56. The van der Waals surface area contributed by atoms with Gasteiger partial charge in [-0.25, -0.2) is 4.79 Å². The molecule has 2 rings (SSSR count). The third kappa shape index (κ3) is 5.12. The van der Waals surface area contributed by atoms with E-state index in [1.807, 2.05) is 50.2 Å². The first-order chi connectivity index (χ1) is 12.5. The second kappa shape index (κ2) is 8.16. The van der Waals surface area contributed by atoms with E-state index in [1.165, 1.54) is 0 Å². The van der Waals surface area contributed by atoms with Crippen molar-refractivity contribution < 1.29 is 27.9 Å². The number of hydrogen-bond donors (Lipinski definition) is 2. The van der Waals surface area contributed by atoms with E-state index in [0.29, 0.717) is 0 Å². The minimum absolute atomic E-state index is 0.161. The number of nitrogens with one attached hydrogen (secondary N) is 1. The number of aliphatic carboxylic acids is 1. The molecule has 9 heteroatoms. The summed E-state index contributed by atoms with van der Waals surface area (Å²) < 4.78 is 39.2. The number of carbonyl (C=O) groups is 2. The third-order valence-corrected chi connectivity index (χ3v) is 4.88. The van der Waals surface area contributed by atoms with Crippen LogP contribution in [0.5, 0.6) is 0 Å². The molecule has 2 amide bonds. The maximum absolute atomic E-state index is 13.1. The van der Waals surface area contributed by atoms with Gasteiger partial charge in [-0.3, -0.25) is 4.79 Å². The lowest BCUT2D eigenvalue weighted by molar-refractivity contribution is -0.187. The Labute approximate surface area is 155 Å². The standard InChI is InChI=1S/C18H24F3N3O3/c1-11-4-6-12(7-5-11)15(23(2)3)8-22-17(27)24-9-13(16(25)26)14(10-24)18(19,20)21/h4-7,13-15H,8-10H2,1-3H3,(H,22,27)(H,25,26)/t13-,14-,15?/m1/s1. The Hall–Kier alpha value is -2.29. The van der Waals surface area contributed by atoms with Gasteiger partial charge in [-0.1, -0.05) is 29.8 Å². The number of benzene rings is 1. The number of hydrogen-bond acceptors (Lipinski definition) is 3. The van der Waals surface area contributed by atoms with Crippen molar-refractivity contribution >= 4 is 12.0 Å². The first-order valence-electron chi connectivity index (χ1n) is 8.56. The van der Waals surface area contributed by atoms with Crippen LogP contribution in [-0.2, 0) is 4.79 Å². The molecule has 2 N–H and O–H groups in total. The van der Waals surface area contributed by atoms with Gasteiger partial charge in [-0.15, -0.1) is 0 Å². The molecule has 1 aliphatic heterocycles. The van der Waals surface area contributed by atoms with Crippen LogP contribution in [0.25, 0.3) is 0 Å². The topological polar surface area (TPSA) is 72.9 Å². The molecule has 1 aromatic carbocycles. The van der Waals surface area contributed by atoms with Crippen molar-refractivity contribution in [1.82, 2.24) is 15.1 Å². The zero-order chi connectivity index (χ0) is 20.4. The Balaban J connectivity index is 2.03. The molecule has 0 aliphatic carbocycles. The Morgan fingerprint density at radius 3 is 2.30 bits per heavy atom. The van der Waals surface area contributed by atoms with Gasteiger partial charge >= 0.3 is 18.2 Å². The smallest absolute Gasteiger partial charge is 0.394 e. The second-order valence-electron chi connectivity index (χ2n) is 7.07. The van der Waals surface area contributed by atoms with E-state index in [1.54, 1.807) is 0 Å². The number of aryl methyl sites for hydroxylation is 1. The van der Waals surface area contributed by atoms with E-state index in [4.69, 9.17) is 5.11 Å². The van der Waals surface area contributed by atoms with E-state index >= 15 is 0 Å². The highest BCUT2D eigenvalue weighted by Gasteiger charge is 2.53. The monoisotopic (exact) mass is 387 g/mol. The molecular formula is C18H24F3N3O3. The van der Waals surface area contributed by atoms with Crippen LogP contribution in [0.1, 0.15) is 17.2 Å². The normalized spacial score (nSPS) is 21.4. The predicted octanol–water partition coefficient (Wildman–Crippen LogP) is 2.50. The maximum atomic E-state index is 13.1. The zero-order valence-corrected chi connectivity index (χ0v) is 15.5. The van der Waals surface area contributed by atoms with Gasteiger partial charge in [-0.05, 0) is 26.6 Å². The van der Waals surface area contributed by atoms with Crippen LogP contribution >= 0.6 is 0 Å². The molecule has 150 valence electrons. The fourth-order valence-corrected chi connectivity index (χ4v) is 3.23. The summed E-state index contributed by atoms with van der Waals surface area (Å²) in [4.78, 5) is 26.3. The highest BCUT2D eigenvalue weighted by molar-refractivity contribution is 5.77. The first kappa shape index (κ1) is 21.0. The molecule has 1 unspecified atom stereocenters. The van der Waals surface area contributed by atoms with Gasteiger partial charge in [0.05, 0.1) is 17.9 Å². The van der Waals surface area contributed by atoms with Gasteiger partial charge in [0.1, 0.15) is 0 Å². The summed E-state index contributed by atoms with van der Waals surface area (Å²) in [6.45, 7) is 1.05.